The van der Waals surface area contributed by atoms with Crippen LogP contribution in [-0.4, -0.2) is 59.3 Å². The Morgan fingerprint density at radius 3 is 2.36 bits per heavy atom. The SMILES string of the molecule is CC(C)C(=O)N1CCN(C(=O)COc2ccc([N+](=O)[O-])c(F)c2)CC1. The number of nitrogens with zero attached hydrogens (tertiary/aromatic N) is 3. The normalized spacial score (nSPS) is 14.6. The fraction of sp³-hybridized carbons (Fsp3) is 0.500. The van der Waals surface area contributed by atoms with E-state index in [1.54, 1.807) is 9.80 Å². The molecule has 0 aliphatic carbocycles. The van der Waals surface area contributed by atoms with Crippen LogP contribution in [0.5, 0.6) is 5.75 Å². The van der Waals surface area contributed by atoms with Crippen molar-refractivity contribution in [2.45, 2.75) is 13.8 Å². The van der Waals surface area contributed by atoms with Crippen LogP contribution in [0.2, 0.25) is 0 Å². The van der Waals surface area contributed by atoms with E-state index in [0.717, 1.165) is 12.1 Å². The molecule has 1 fully saturated rings. The number of amides is 2. The minimum absolute atomic E-state index is 0.0464. The Balaban J connectivity index is 1.84. The number of ether oxygens (including phenoxy) is 1. The Hall–Kier alpha value is -2.71. The van der Waals surface area contributed by atoms with Crippen molar-refractivity contribution >= 4 is 17.5 Å². The summed E-state index contributed by atoms with van der Waals surface area (Å²) in [5.41, 5.74) is -0.649. The Morgan fingerprint density at radius 2 is 1.84 bits per heavy atom. The zero-order valence-corrected chi connectivity index (χ0v) is 14.1. The summed E-state index contributed by atoms with van der Waals surface area (Å²) >= 11 is 0. The van der Waals surface area contributed by atoms with Crippen LogP contribution in [0.15, 0.2) is 18.2 Å². The lowest BCUT2D eigenvalue weighted by Crippen LogP contribution is -2.52. The molecule has 0 unspecified atom stereocenters. The van der Waals surface area contributed by atoms with Gasteiger partial charge in [0.25, 0.3) is 5.91 Å². The summed E-state index contributed by atoms with van der Waals surface area (Å²) < 4.78 is 18.7. The third kappa shape index (κ3) is 4.65. The number of carbonyl (C=O) groups is 2. The Bertz CT molecular complexity index is 672. The highest BCUT2D eigenvalue weighted by Gasteiger charge is 2.25. The number of nitro benzene ring substituents is 1. The molecule has 0 spiro atoms. The molecule has 0 atom stereocenters. The maximum Gasteiger partial charge on any atom is 0.305 e. The minimum Gasteiger partial charge on any atom is -0.484 e. The molecular formula is C16H20FN3O5. The molecule has 1 aromatic rings. The molecule has 1 heterocycles. The Kier molecular flexibility index (Phi) is 5.89. The first-order valence-electron chi connectivity index (χ1n) is 7.93. The molecule has 0 radical (unpaired) electrons. The van der Waals surface area contributed by atoms with Gasteiger partial charge in [0, 0.05) is 44.2 Å². The van der Waals surface area contributed by atoms with Crippen LogP contribution in [0.4, 0.5) is 10.1 Å². The summed E-state index contributed by atoms with van der Waals surface area (Å²) in [4.78, 5) is 37.1. The van der Waals surface area contributed by atoms with Crippen molar-refractivity contribution in [3.8, 4) is 5.75 Å². The molecule has 8 nitrogen and oxygen atoms in total. The maximum atomic E-state index is 13.5. The monoisotopic (exact) mass is 353 g/mol. The van der Waals surface area contributed by atoms with Gasteiger partial charge in [-0.05, 0) is 6.07 Å². The van der Waals surface area contributed by atoms with Crippen LogP contribution < -0.4 is 4.74 Å². The van der Waals surface area contributed by atoms with Gasteiger partial charge in [-0.2, -0.15) is 4.39 Å². The molecule has 2 rings (SSSR count). The lowest BCUT2D eigenvalue weighted by molar-refractivity contribution is -0.387. The van der Waals surface area contributed by atoms with Crippen LogP contribution in [0.3, 0.4) is 0 Å². The quantitative estimate of drug-likeness (QED) is 0.590. The maximum absolute atomic E-state index is 13.5. The van der Waals surface area contributed by atoms with Crippen LogP contribution in [0.1, 0.15) is 13.8 Å². The molecule has 136 valence electrons. The second-order valence-electron chi connectivity index (χ2n) is 6.02. The number of rotatable bonds is 5. The fourth-order valence-electron chi connectivity index (χ4n) is 2.50. The Morgan fingerprint density at radius 1 is 1.24 bits per heavy atom. The van der Waals surface area contributed by atoms with E-state index in [9.17, 15) is 24.1 Å². The molecule has 0 saturated carbocycles. The molecular weight excluding hydrogens is 333 g/mol. The predicted molar refractivity (Wildman–Crippen MR) is 86.5 cm³/mol. The number of nitro groups is 1. The third-order valence-electron chi connectivity index (χ3n) is 3.92. The van der Waals surface area contributed by atoms with Gasteiger partial charge < -0.3 is 14.5 Å². The smallest absolute Gasteiger partial charge is 0.305 e. The number of hydrogen-bond acceptors (Lipinski definition) is 5. The highest BCUT2D eigenvalue weighted by Crippen LogP contribution is 2.22. The highest BCUT2D eigenvalue weighted by atomic mass is 19.1. The number of halogens is 1. The van der Waals surface area contributed by atoms with E-state index in [4.69, 9.17) is 4.74 Å². The molecule has 1 aliphatic heterocycles. The molecule has 9 heteroatoms. The summed E-state index contributed by atoms with van der Waals surface area (Å²) in [6.45, 7) is 5.12. The van der Waals surface area contributed by atoms with Crippen molar-refractivity contribution in [1.82, 2.24) is 9.80 Å². The van der Waals surface area contributed by atoms with Gasteiger partial charge in [0.15, 0.2) is 6.61 Å². The zero-order chi connectivity index (χ0) is 18.6. The van der Waals surface area contributed by atoms with Crippen molar-refractivity contribution in [3.63, 3.8) is 0 Å². The van der Waals surface area contributed by atoms with Gasteiger partial charge in [-0.15, -0.1) is 0 Å². The number of piperazine rings is 1. The van der Waals surface area contributed by atoms with E-state index in [0.29, 0.717) is 26.2 Å². The van der Waals surface area contributed by atoms with Crippen LogP contribution >= 0.6 is 0 Å². The first-order chi connectivity index (χ1) is 11.8. The molecule has 1 aromatic carbocycles. The van der Waals surface area contributed by atoms with Gasteiger partial charge in [0.05, 0.1) is 4.92 Å². The molecule has 25 heavy (non-hydrogen) atoms. The van der Waals surface area contributed by atoms with Crippen molar-refractivity contribution in [2.75, 3.05) is 32.8 Å². The van der Waals surface area contributed by atoms with E-state index >= 15 is 0 Å². The molecule has 1 aliphatic rings. The van der Waals surface area contributed by atoms with Gasteiger partial charge in [0.1, 0.15) is 5.75 Å². The standard InChI is InChI=1S/C16H20FN3O5/c1-11(2)16(22)19-7-5-18(6-8-19)15(21)10-25-12-3-4-14(20(23)24)13(17)9-12/h3-4,9,11H,5-8,10H2,1-2H3. The van der Waals surface area contributed by atoms with Gasteiger partial charge in [0.2, 0.25) is 11.7 Å². The molecule has 1 saturated heterocycles. The number of hydrogen-bond donors (Lipinski definition) is 0. The minimum atomic E-state index is -1.02. The second kappa shape index (κ2) is 7.91. The lowest BCUT2D eigenvalue weighted by Gasteiger charge is -2.35. The molecule has 0 N–H and O–H groups in total. The Labute approximate surface area is 144 Å². The summed E-state index contributed by atoms with van der Waals surface area (Å²) in [6.07, 6.45) is 0. The van der Waals surface area contributed by atoms with Gasteiger partial charge in [-0.25, -0.2) is 0 Å². The van der Waals surface area contributed by atoms with E-state index in [2.05, 4.69) is 0 Å². The largest absolute Gasteiger partial charge is 0.484 e. The molecule has 0 bridgehead atoms. The third-order valence-corrected chi connectivity index (χ3v) is 3.92. The summed E-state index contributed by atoms with van der Waals surface area (Å²) in [5.74, 6) is -1.27. The first kappa shape index (κ1) is 18.6. The van der Waals surface area contributed by atoms with Gasteiger partial charge >= 0.3 is 5.69 Å². The van der Waals surface area contributed by atoms with Crippen LogP contribution in [0, 0.1) is 21.8 Å². The first-order valence-corrected chi connectivity index (χ1v) is 7.93. The summed E-state index contributed by atoms with van der Waals surface area (Å²) in [5, 5.41) is 10.6. The van der Waals surface area contributed by atoms with Crippen molar-refractivity contribution in [2.24, 2.45) is 5.92 Å². The van der Waals surface area contributed by atoms with E-state index in [-0.39, 0.29) is 30.1 Å². The summed E-state index contributed by atoms with van der Waals surface area (Å²) in [6, 6.07) is 3.11. The summed E-state index contributed by atoms with van der Waals surface area (Å²) in [7, 11) is 0. The van der Waals surface area contributed by atoms with E-state index < -0.39 is 16.4 Å². The van der Waals surface area contributed by atoms with Crippen LogP contribution in [-0.2, 0) is 9.59 Å². The highest BCUT2D eigenvalue weighted by molar-refractivity contribution is 5.80. The average molecular weight is 353 g/mol. The van der Waals surface area contributed by atoms with Crippen LogP contribution in [0.25, 0.3) is 0 Å². The van der Waals surface area contributed by atoms with Gasteiger partial charge in [-0.3, -0.25) is 19.7 Å². The van der Waals surface area contributed by atoms with Crippen molar-refractivity contribution < 1.29 is 23.6 Å². The average Bonchev–Trinajstić information content (AvgIpc) is 2.58. The number of carbonyl (C=O) groups excluding carboxylic acids is 2. The molecule has 0 aromatic heterocycles. The lowest BCUT2D eigenvalue weighted by atomic mass is 10.1. The van der Waals surface area contributed by atoms with Gasteiger partial charge in [-0.1, -0.05) is 13.8 Å². The predicted octanol–water partition coefficient (Wildman–Crippen LogP) is 1.44. The zero-order valence-electron chi connectivity index (χ0n) is 14.1. The topological polar surface area (TPSA) is 93.0 Å². The van der Waals surface area contributed by atoms with Crippen molar-refractivity contribution in [1.29, 1.82) is 0 Å². The van der Waals surface area contributed by atoms with E-state index in [1.807, 2.05) is 13.8 Å². The molecule has 2 amide bonds. The van der Waals surface area contributed by atoms with Crippen molar-refractivity contribution in [3.05, 3.63) is 34.1 Å². The van der Waals surface area contributed by atoms with E-state index in [1.165, 1.54) is 6.07 Å². The second-order valence-corrected chi connectivity index (χ2v) is 6.02. The fourth-order valence-corrected chi connectivity index (χ4v) is 2.50. The number of benzene rings is 1.